The molecule has 1 N–H and O–H groups in total. The summed E-state index contributed by atoms with van der Waals surface area (Å²) in [6.45, 7) is 0.377. The zero-order valence-electron chi connectivity index (χ0n) is 9.95. The van der Waals surface area contributed by atoms with Crippen molar-refractivity contribution in [1.29, 1.82) is 0 Å². The summed E-state index contributed by atoms with van der Waals surface area (Å²) in [6.07, 6.45) is 1.12. The number of hydrogen-bond donors (Lipinski definition) is 1. The van der Waals surface area contributed by atoms with Crippen LogP contribution in [0.4, 0.5) is 0 Å². The molecule has 0 spiro atoms. The maximum absolute atomic E-state index is 11.8. The normalized spacial score (nSPS) is 30.6. The molecule has 3 atom stereocenters. The van der Waals surface area contributed by atoms with Crippen LogP contribution < -0.4 is 0 Å². The van der Waals surface area contributed by atoms with Crippen LogP contribution in [0.3, 0.4) is 0 Å². The lowest BCUT2D eigenvalue weighted by Gasteiger charge is -2.16. The molecule has 1 aliphatic carbocycles. The van der Waals surface area contributed by atoms with Crippen LogP contribution in [0.25, 0.3) is 0 Å². The molecule has 2 fully saturated rings. The van der Waals surface area contributed by atoms with Crippen LogP contribution in [-0.4, -0.2) is 34.5 Å². The van der Waals surface area contributed by atoms with Gasteiger partial charge in [0, 0.05) is 24.9 Å². The Morgan fingerprint density at radius 3 is 2.61 bits per heavy atom. The fourth-order valence-corrected chi connectivity index (χ4v) is 2.80. The first-order chi connectivity index (χ1) is 8.66. The van der Waals surface area contributed by atoms with E-state index in [0.717, 1.165) is 6.42 Å². The van der Waals surface area contributed by atoms with E-state index in [0.29, 0.717) is 12.5 Å². The fourth-order valence-electron chi connectivity index (χ4n) is 2.80. The van der Waals surface area contributed by atoms with E-state index >= 15 is 0 Å². The lowest BCUT2D eigenvalue weighted by Crippen LogP contribution is -2.29. The number of carboxylic acid groups (broad SMARTS) is 1. The number of carbonyl (C=O) groups excluding carboxylic acids is 1. The number of carboxylic acids is 1. The third-order valence-corrected chi connectivity index (χ3v) is 3.89. The van der Waals surface area contributed by atoms with E-state index in [1.54, 1.807) is 4.90 Å². The Morgan fingerprint density at radius 1 is 1.28 bits per heavy atom. The maximum Gasteiger partial charge on any atom is 0.308 e. The van der Waals surface area contributed by atoms with Gasteiger partial charge in [-0.25, -0.2) is 0 Å². The molecule has 94 valence electrons. The molecule has 0 bridgehead atoms. The number of hydrogen-bond acceptors (Lipinski definition) is 2. The van der Waals surface area contributed by atoms with E-state index in [9.17, 15) is 9.59 Å². The molecule has 1 aliphatic heterocycles. The van der Waals surface area contributed by atoms with Gasteiger partial charge in [0.05, 0.1) is 5.92 Å². The molecule has 0 aromatic heterocycles. The molecule has 4 nitrogen and oxygen atoms in total. The number of benzene rings is 1. The van der Waals surface area contributed by atoms with Crippen molar-refractivity contribution in [3.63, 3.8) is 0 Å². The van der Waals surface area contributed by atoms with Gasteiger partial charge in [-0.3, -0.25) is 9.59 Å². The molecule has 4 heteroatoms. The van der Waals surface area contributed by atoms with Gasteiger partial charge < -0.3 is 10.0 Å². The molecular formula is C14H15NO3. The molecular weight excluding hydrogens is 230 g/mol. The van der Waals surface area contributed by atoms with Crippen molar-refractivity contribution < 1.29 is 14.7 Å². The van der Waals surface area contributed by atoms with E-state index in [-0.39, 0.29) is 18.4 Å². The molecule has 1 aromatic carbocycles. The third kappa shape index (κ3) is 1.88. The molecule has 1 saturated heterocycles. The van der Waals surface area contributed by atoms with Gasteiger partial charge in [0.25, 0.3) is 0 Å². The minimum Gasteiger partial charge on any atom is -0.481 e. The monoisotopic (exact) mass is 245 g/mol. The zero-order chi connectivity index (χ0) is 12.7. The van der Waals surface area contributed by atoms with Crippen molar-refractivity contribution in [2.45, 2.75) is 24.8 Å². The SMILES string of the molecule is O=C(O)C1CC(=O)N(C2CC2c2ccccc2)C1. The highest BCUT2D eigenvalue weighted by molar-refractivity contribution is 5.86. The second-order valence-electron chi connectivity index (χ2n) is 5.11. The topological polar surface area (TPSA) is 57.6 Å². The summed E-state index contributed by atoms with van der Waals surface area (Å²) in [7, 11) is 0. The standard InChI is InChI=1S/C14H15NO3/c16-13-6-10(14(17)18)8-15(13)12-7-11(12)9-4-2-1-3-5-9/h1-5,10-12H,6-8H2,(H,17,18). The number of aliphatic carboxylic acids is 1. The van der Waals surface area contributed by atoms with Crippen LogP contribution in [0.5, 0.6) is 0 Å². The average Bonchev–Trinajstić information content (AvgIpc) is 3.06. The quantitative estimate of drug-likeness (QED) is 0.877. The van der Waals surface area contributed by atoms with Crippen LogP contribution >= 0.6 is 0 Å². The van der Waals surface area contributed by atoms with Crippen LogP contribution in [0.15, 0.2) is 30.3 Å². The van der Waals surface area contributed by atoms with Gasteiger partial charge in [-0.2, -0.15) is 0 Å². The Kier molecular flexibility index (Phi) is 2.58. The number of nitrogens with zero attached hydrogens (tertiary/aromatic N) is 1. The summed E-state index contributed by atoms with van der Waals surface area (Å²) >= 11 is 0. The maximum atomic E-state index is 11.8. The average molecular weight is 245 g/mol. The first-order valence-corrected chi connectivity index (χ1v) is 6.24. The Labute approximate surface area is 105 Å². The van der Waals surface area contributed by atoms with Crippen LogP contribution in [0.2, 0.25) is 0 Å². The Hall–Kier alpha value is -1.84. The molecule has 0 radical (unpaired) electrons. The summed E-state index contributed by atoms with van der Waals surface area (Å²) in [6, 6.07) is 10.3. The number of likely N-dealkylation sites (tertiary alicyclic amines) is 1. The summed E-state index contributed by atoms with van der Waals surface area (Å²) in [4.78, 5) is 24.5. The molecule has 3 unspecified atom stereocenters. The summed E-state index contributed by atoms with van der Waals surface area (Å²) in [5.41, 5.74) is 1.24. The molecule has 1 aromatic rings. The highest BCUT2D eigenvalue weighted by Crippen LogP contribution is 2.46. The molecule has 18 heavy (non-hydrogen) atoms. The summed E-state index contributed by atoms with van der Waals surface area (Å²) in [5.74, 6) is -0.995. The third-order valence-electron chi connectivity index (χ3n) is 3.89. The minimum absolute atomic E-state index is 0.00849. The molecule has 1 amide bonds. The van der Waals surface area contributed by atoms with Crippen LogP contribution in [-0.2, 0) is 9.59 Å². The van der Waals surface area contributed by atoms with Crippen LogP contribution in [0, 0.1) is 5.92 Å². The Morgan fingerprint density at radius 2 is 2.00 bits per heavy atom. The van der Waals surface area contributed by atoms with Gasteiger partial charge in [0.2, 0.25) is 5.91 Å². The second kappa shape index (κ2) is 4.12. The summed E-state index contributed by atoms with van der Waals surface area (Å²) in [5, 5.41) is 8.96. The van der Waals surface area contributed by atoms with E-state index in [4.69, 9.17) is 5.11 Å². The van der Waals surface area contributed by atoms with Crippen LogP contribution in [0.1, 0.15) is 24.3 Å². The highest BCUT2D eigenvalue weighted by Gasteiger charge is 2.48. The molecule has 1 heterocycles. The number of amides is 1. The van der Waals surface area contributed by atoms with Crippen molar-refractivity contribution in [2.24, 2.45) is 5.92 Å². The first kappa shape index (κ1) is 11.3. The fraction of sp³-hybridized carbons (Fsp3) is 0.429. The zero-order valence-corrected chi connectivity index (χ0v) is 9.95. The molecule has 3 rings (SSSR count). The van der Waals surface area contributed by atoms with E-state index in [2.05, 4.69) is 12.1 Å². The molecule has 1 saturated carbocycles. The van der Waals surface area contributed by atoms with Crippen molar-refractivity contribution in [1.82, 2.24) is 4.90 Å². The smallest absolute Gasteiger partial charge is 0.308 e. The predicted molar refractivity (Wildman–Crippen MR) is 65.0 cm³/mol. The predicted octanol–water partition coefficient (Wildman–Crippen LogP) is 1.48. The number of rotatable bonds is 3. The van der Waals surface area contributed by atoms with Gasteiger partial charge in [0.1, 0.15) is 0 Å². The van der Waals surface area contributed by atoms with Crippen molar-refractivity contribution >= 4 is 11.9 Å². The lowest BCUT2D eigenvalue weighted by atomic mass is 10.1. The van der Waals surface area contributed by atoms with E-state index < -0.39 is 11.9 Å². The minimum atomic E-state index is -0.859. The van der Waals surface area contributed by atoms with Crippen molar-refractivity contribution in [3.8, 4) is 0 Å². The van der Waals surface area contributed by atoms with Gasteiger partial charge in [-0.1, -0.05) is 30.3 Å². The second-order valence-corrected chi connectivity index (χ2v) is 5.11. The van der Waals surface area contributed by atoms with Crippen molar-refractivity contribution in [3.05, 3.63) is 35.9 Å². The van der Waals surface area contributed by atoms with E-state index in [1.165, 1.54) is 5.56 Å². The Bertz CT molecular complexity index is 485. The highest BCUT2D eigenvalue weighted by atomic mass is 16.4. The lowest BCUT2D eigenvalue weighted by molar-refractivity contribution is -0.141. The van der Waals surface area contributed by atoms with Gasteiger partial charge >= 0.3 is 5.97 Å². The van der Waals surface area contributed by atoms with E-state index in [1.807, 2.05) is 18.2 Å². The van der Waals surface area contributed by atoms with Gasteiger partial charge in [0.15, 0.2) is 0 Å². The largest absolute Gasteiger partial charge is 0.481 e. The first-order valence-electron chi connectivity index (χ1n) is 6.24. The van der Waals surface area contributed by atoms with Gasteiger partial charge in [-0.05, 0) is 12.0 Å². The Balaban J connectivity index is 1.68. The number of carbonyl (C=O) groups is 2. The molecule has 2 aliphatic rings. The van der Waals surface area contributed by atoms with Crippen molar-refractivity contribution in [2.75, 3.05) is 6.54 Å². The summed E-state index contributed by atoms with van der Waals surface area (Å²) < 4.78 is 0. The van der Waals surface area contributed by atoms with Gasteiger partial charge in [-0.15, -0.1) is 0 Å².